The van der Waals surface area contributed by atoms with Gasteiger partial charge < -0.3 is 14.9 Å². The van der Waals surface area contributed by atoms with E-state index in [1.54, 1.807) is 0 Å². The molecule has 1 N–H and O–H groups in total. The van der Waals surface area contributed by atoms with Crippen LogP contribution in [0.4, 0.5) is 5.69 Å². The third-order valence-electron chi connectivity index (χ3n) is 4.18. The van der Waals surface area contributed by atoms with Crippen LogP contribution >= 0.6 is 0 Å². The summed E-state index contributed by atoms with van der Waals surface area (Å²) in [5.41, 5.74) is 1.70. The number of aliphatic carboxylic acids is 1. The van der Waals surface area contributed by atoms with Crippen LogP contribution in [0.25, 0.3) is 0 Å². The lowest BCUT2D eigenvalue weighted by atomic mass is 9.93. The molecule has 0 saturated carbocycles. The van der Waals surface area contributed by atoms with Gasteiger partial charge in [-0.2, -0.15) is 0 Å². The molecule has 120 valence electrons. The maximum absolute atomic E-state index is 12.6. The van der Waals surface area contributed by atoms with Crippen molar-refractivity contribution in [1.29, 1.82) is 0 Å². The zero-order chi connectivity index (χ0) is 16.1. The molecule has 5 nitrogen and oxygen atoms in total. The van der Waals surface area contributed by atoms with Crippen LogP contribution in [0.1, 0.15) is 36.0 Å². The van der Waals surface area contributed by atoms with Gasteiger partial charge in [0, 0.05) is 44.9 Å². The molecule has 1 unspecified atom stereocenters. The van der Waals surface area contributed by atoms with Crippen molar-refractivity contribution in [3.63, 3.8) is 0 Å². The summed E-state index contributed by atoms with van der Waals surface area (Å²) in [7, 11) is 3.90. The highest BCUT2D eigenvalue weighted by Crippen LogP contribution is 2.23. The van der Waals surface area contributed by atoms with E-state index in [9.17, 15) is 9.59 Å². The Bertz CT molecular complexity index is 542. The first-order valence-corrected chi connectivity index (χ1v) is 7.76. The number of carboxylic acids is 1. The fraction of sp³-hybridized carbons (Fsp3) is 0.529. The summed E-state index contributed by atoms with van der Waals surface area (Å²) < 4.78 is 0. The number of benzene rings is 1. The van der Waals surface area contributed by atoms with Crippen LogP contribution in [0, 0.1) is 5.92 Å². The predicted octanol–water partition coefficient (Wildman–Crippen LogP) is 2.47. The Morgan fingerprint density at radius 2 is 2.14 bits per heavy atom. The Balaban J connectivity index is 2.02. The Morgan fingerprint density at radius 3 is 2.82 bits per heavy atom. The van der Waals surface area contributed by atoms with Gasteiger partial charge in [-0.25, -0.2) is 0 Å². The average molecular weight is 304 g/mol. The Kier molecular flexibility index (Phi) is 5.41. The van der Waals surface area contributed by atoms with Crippen molar-refractivity contribution in [2.24, 2.45) is 5.92 Å². The summed E-state index contributed by atoms with van der Waals surface area (Å²) in [4.78, 5) is 27.2. The van der Waals surface area contributed by atoms with Crippen LogP contribution in [-0.2, 0) is 4.79 Å². The molecule has 2 rings (SSSR count). The van der Waals surface area contributed by atoms with E-state index >= 15 is 0 Å². The van der Waals surface area contributed by atoms with Crippen LogP contribution in [0.2, 0.25) is 0 Å². The van der Waals surface area contributed by atoms with Crippen molar-refractivity contribution in [2.45, 2.75) is 25.7 Å². The predicted molar refractivity (Wildman–Crippen MR) is 86.3 cm³/mol. The molecule has 0 spiro atoms. The van der Waals surface area contributed by atoms with Gasteiger partial charge in [0.1, 0.15) is 0 Å². The molecule has 1 aromatic carbocycles. The summed E-state index contributed by atoms with van der Waals surface area (Å²) in [5.74, 6) is -0.420. The van der Waals surface area contributed by atoms with Gasteiger partial charge in [-0.15, -0.1) is 0 Å². The number of carbonyl (C=O) groups is 2. The zero-order valence-electron chi connectivity index (χ0n) is 13.3. The molecule has 1 amide bonds. The van der Waals surface area contributed by atoms with Crippen LogP contribution < -0.4 is 4.90 Å². The second-order valence-corrected chi connectivity index (χ2v) is 6.14. The normalized spacial score (nSPS) is 18.1. The monoisotopic (exact) mass is 304 g/mol. The van der Waals surface area contributed by atoms with Gasteiger partial charge in [0.15, 0.2) is 0 Å². The van der Waals surface area contributed by atoms with Crippen LogP contribution in [0.5, 0.6) is 0 Å². The van der Waals surface area contributed by atoms with Gasteiger partial charge in [0.25, 0.3) is 5.91 Å². The molecule has 1 heterocycles. The molecule has 0 bridgehead atoms. The third kappa shape index (κ3) is 4.23. The van der Waals surface area contributed by atoms with Crippen LogP contribution in [-0.4, -0.2) is 49.1 Å². The summed E-state index contributed by atoms with van der Waals surface area (Å²) in [5, 5.41) is 8.79. The second kappa shape index (κ2) is 7.29. The standard InChI is InChI=1S/C17H24N2O3/c1-18(2)15-7-3-6-14(11-15)17(22)19-10-4-5-13(12-19)8-9-16(20)21/h3,6-7,11,13H,4-5,8-10,12H2,1-2H3,(H,20,21). The van der Waals surface area contributed by atoms with Gasteiger partial charge in [-0.3, -0.25) is 9.59 Å². The van der Waals surface area contributed by atoms with Gasteiger partial charge in [-0.05, 0) is 43.4 Å². The minimum Gasteiger partial charge on any atom is -0.481 e. The van der Waals surface area contributed by atoms with E-state index in [0.717, 1.165) is 25.1 Å². The number of carboxylic acid groups (broad SMARTS) is 1. The lowest BCUT2D eigenvalue weighted by Crippen LogP contribution is -2.40. The lowest BCUT2D eigenvalue weighted by Gasteiger charge is -2.33. The number of nitrogens with zero attached hydrogens (tertiary/aromatic N) is 2. The molecule has 22 heavy (non-hydrogen) atoms. The highest BCUT2D eigenvalue weighted by atomic mass is 16.4. The molecule has 0 aromatic heterocycles. The lowest BCUT2D eigenvalue weighted by molar-refractivity contribution is -0.137. The van der Waals surface area contributed by atoms with E-state index in [1.807, 2.05) is 48.2 Å². The van der Waals surface area contributed by atoms with E-state index in [0.29, 0.717) is 24.4 Å². The molecule has 0 radical (unpaired) electrons. The Labute approximate surface area is 131 Å². The first-order chi connectivity index (χ1) is 10.5. The smallest absolute Gasteiger partial charge is 0.303 e. The SMILES string of the molecule is CN(C)c1cccc(C(=O)N2CCCC(CCC(=O)O)C2)c1. The first-order valence-electron chi connectivity index (χ1n) is 7.76. The Morgan fingerprint density at radius 1 is 1.36 bits per heavy atom. The molecule has 5 heteroatoms. The van der Waals surface area contributed by atoms with Crippen molar-refractivity contribution in [3.05, 3.63) is 29.8 Å². The molecule has 1 aromatic rings. The quantitative estimate of drug-likeness (QED) is 0.908. The van der Waals surface area contributed by atoms with Gasteiger partial charge in [0.05, 0.1) is 0 Å². The van der Waals surface area contributed by atoms with Crippen molar-refractivity contribution < 1.29 is 14.7 Å². The van der Waals surface area contributed by atoms with E-state index in [1.165, 1.54) is 0 Å². The van der Waals surface area contributed by atoms with E-state index in [2.05, 4.69) is 0 Å². The molecule has 1 fully saturated rings. The van der Waals surface area contributed by atoms with Crippen LogP contribution in [0.3, 0.4) is 0 Å². The van der Waals surface area contributed by atoms with E-state index in [-0.39, 0.29) is 12.3 Å². The largest absolute Gasteiger partial charge is 0.481 e. The highest BCUT2D eigenvalue weighted by Gasteiger charge is 2.25. The fourth-order valence-corrected chi connectivity index (χ4v) is 2.91. The van der Waals surface area contributed by atoms with E-state index < -0.39 is 5.97 Å². The summed E-state index contributed by atoms with van der Waals surface area (Å²) in [6.45, 7) is 1.42. The topological polar surface area (TPSA) is 60.9 Å². The molecule has 1 aliphatic rings. The number of amides is 1. The van der Waals surface area contributed by atoms with Gasteiger partial charge in [0.2, 0.25) is 0 Å². The molecule has 0 aliphatic carbocycles. The first kappa shape index (κ1) is 16.3. The molecule has 1 atom stereocenters. The maximum atomic E-state index is 12.6. The number of hydrogen-bond acceptors (Lipinski definition) is 3. The van der Waals surface area contributed by atoms with Crippen molar-refractivity contribution in [3.8, 4) is 0 Å². The molecule has 1 aliphatic heterocycles. The van der Waals surface area contributed by atoms with Crippen molar-refractivity contribution in [1.82, 2.24) is 4.90 Å². The average Bonchev–Trinajstić information content (AvgIpc) is 2.52. The van der Waals surface area contributed by atoms with Crippen molar-refractivity contribution >= 4 is 17.6 Å². The number of piperidine rings is 1. The number of likely N-dealkylation sites (tertiary alicyclic amines) is 1. The second-order valence-electron chi connectivity index (χ2n) is 6.14. The zero-order valence-corrected chi connectivity index (χ0v) is 13.3. The number of carbonyl (C=O) groups excluding carboxylic acids is 1. The summed E-state index contributed by atoms with van der Waals surface area (Å²) in [6.07, 6.45) is 2.79. The number of rotatable bonds is 5. The number of anilines is 1. The summed E-state index contributed by atoms with van der Waals surface area (Å²) in [6, 6.07) is 7.62. The maximum Gasteiger partial charge on any atom is 0.303 e. The van der Waals surface area contributed by atoms with Crippen LogP contribution in [0.15, 0.2) is 24.3 Å². The minimum absolute atomic E-state index is 0.0451. The summed E-state index contributed by atoms with van der Waals surface area (Å²) >= 11 is 0. The minimum atomic E-state index is -0.762. The molecular formula is C17H24N2O3. The highest BCUT2D eigenvalue weighted by molar-refractivity contribution is 5.95. The van der Waals surface area contributed by atoms with Gasteiger partial charge >= 0.3 is 5.97 Å². The third-order valence-corrected chi connectivity index (χ3v) is 4.18. The van der Waals surface area contributed by atoms with Crippen molar-refractivity contribution in [2.75, 3.05) is 32.1 Å². The number of hydrogen-bond donors (Lipinski definition) is 1. The van der Waals surface area contributed by atoms with E-state index in [4.69, 9.17) is 5.11 Å². The fourth-order valence-electron chi connectivity index (χ4n) is 2.91. The molecule has 1 saturated heterocycles. The Hall–Kier alpha value is -2.04. The van der Waals surface area contributed by atoms with Gasteiger partial charge in [-0.1, -0.05) is 6.07 Å². The molecular weight excluding hydrogens is 280 g/mol.